The van der Waals surface area contributed by atoms with Gasteiger partial charge in [-0.3, -0.25) is 9.59 Å². The molecule has 1 aromatic carbocycles. The van der Waals surface area contributed by atoms with Crippen LogP contribution in [0.3, 0.4) is 0 Å². The first kappa shape index (κ1) is 21.5. The summed E-state index contributed by atoms with van der Waals surface area (Å²) in [4.78, 5) is 39.2. The monoisotopic (exact) mass is 430 g/mol. The SMILES string of the molecule is Nc1nc(C(=CCCC(=O)O)C(=O)C[C@H]2Cc3cccc(C(=O)O)c3OB2O)cs1. The predicted molar refractivity (Wildman–Crippen MR) is 110 cm³/mol. The molecule has 0 radical (unpaired) electrons. The van der Waals surface area contributed by atoms with Crippen molar-refractivity contribution in [3.8, 4) is 5.75 Å². The molecule has 5 N–H and O–H groups in total. The van der Waals surface area contributed by atoms with Crippen molar-refractivity contribution in [2.45, 2.75) is 31.5 Å². The molecular formula is C19H19BN2O7S. The number of carboxylic acids is 2. The van der Waals surface area contributed by atoms with Crippen LogP contribution in [0.4, 0.5) is 5.13 Å². The number of allylic oxidation sites excluding steroid dienone is 2. The molecule has 0 spiro atoms. The van der Waals surface area contributed by atoms with Crippen molar-refractivity contribution in [1.82, 2.24) is 4.98 Å². The predicted octanol–water partition coefficient (Wildman–Crippen LogP) is 2.12. The molecule has 0 saturated heterocycles. The molecule has 2 heterocycles. The quantitative estimate of drug-likeness (QED) is 0.363. The van der Waals surface area contributed by atoms with E-state index in [0.717, 1.165) is 11.3 Å². The molecule has 0 saturated carbocycles. The Labute approximate surface area is 176 Å². The number of ketones is 1. The Morgan fingerprint density at radius 3 is 2.73 bits per heavy atom. The maximum Gasteiger partial charge on any atom is 0.526 e. The van der Waals surface area contributed by atoms with Crippen molar-refractivity contribution >= 4 is 46.9 Å². The lowest BCUT2D eigenvalue weighted by molar-refractivity contribution is -0.136. The summed E-state index contributed by atoms with van der Waals surface area (Å²) in [5.74, 6) is -2.99. The zero-order valence-corrected chi connectivity index (χ0v) is 16.6. The Morgan fingerprint density at radius 2 is 2.10 bits per heavy atom. The van der Waals surface area contributed by atoms with Gasteiger partial charge in [-0.25, -0.2) is 9.78 Å². The molecule has 1 aliphatic rings. The van der Waals surface area contributed by atoms with E-state index < -0.39 is 24.9 Å². The van der Waals surface area contributed by atoms with Gasteiger partial charge in [0, 0.05) is 29.6 Å². The normalized spacial score (nSPS) is 16.0. The van der Waals surface area contributed by atoms with Crippen LogP contribution in [0.1, 0.15) is 40.9 Å². The second-order valence-corrected chi connectivity index (χ2v) is 7.71. The average Bonchev–Trinajstić information content (AvgIpc) is 3.10. The van der Waals surface area contributed by atoms with Crippen LogP contribution in [0.25, 0.3) is 5.57 Å². The standard InChI is InChI=1S/C19H19BN2O7S/c21-19-22-14(9-30-19)12(4-2-6-16(24)25)15(23)8-11-7-10-3-1-5-13(18(26)27)17(10)29-20(11)28/h1,3-5,9,11,28H,2,6-8H2,(H2,21,22)(H,24,25)(H,26,27)/t11-/m1/s1. The molecule has 1 aliphatic heterocycles. The summed E-state index contributed by atoms with van der Waals surface area (Å²) >= 11 is 1.16. The lowest BCUT2D eigenvalue weighted by Crippen LogP contribution is -2.36. The number of carboxylic acid groups (broad SMARTS) is 2. The second-order valence-electron chi connectivity index (χ2n) is 6.82. The van der Waals surface area contributed by atoms with E-state index in [-0.39, 0.29) is 53.5 Å². The lowest BCUT2D eigenvalue weighted by atomic mass is 9.64. The van der Waals surface area contributed by atoms with E-state index in [2.05, 4.69) is 4.98 Å². The van der Waals surface area contributed by atoms with Crippen LogP contribution in [-0.2, 0) is 16.0 Å². The maximum absolute atomic E-state index is 13.0. The summed E-state index contributed by atoms with van der Waals surface area (Å²) in [6.07, 6.45) is 1.68. The van der Waals surface area contributed by atoms with Gasteiger partial charge in [-0.15, -0.1) is 11.3 Å². The maximum atomic E-state index is 13.0. The summed E-state index contributed by atoms with van der Waals surface area (Å²) in [6, 6.07) is 4.66. The van der Waals surface area contributed by atoms with Gasteiger partial charge in [0.05, 0.1) is 11.3 Å². The number of carbonyl (C=O) groups is 3. The van der Waals surface area contributed by atoms with Gasteiger partial charge in [0.15, 0.2) is 10.9 Å². The number of fused-ring (bicyclic) bond motifs is 1. The highest BCUT2D eigenvalue weighted by molar-refractivity contribution is 7.13. The summed E-state index contributed by atoms with van der Waals surface area (Å²) in [5, 5.41) is 30.4. The first-order valence-electron chi connectivity index (χ1n) is 9.12. The van der Waals surface area contributed by atoms with Crippen molar-refractivity contribution in [3.63, 3.8) is 0 Å². The molecule has 0 bridgehead atoms. The van der Waals surface area contributed by atoms with Crippen molar-refractivity contribution in [1.29, 1.82) is 0 Å². The molecule has 0 fully saturated rings. The molecule has 0 unspecified atom stereocenters. The largest absolute Gasteiger partial charge is 0.535 e. The van der Waals surface area contributed by atoms with E-state index in [9.17, 15) is 24.5 Å². The van der Waals surface area contributed by atoms with E-state index in [1.54, 1.807) is 17.5 Å². The summed E-state index contributed by atoms with van der Waals surface area (Å²) in [5.41, 5.74) is 6.79. The molecule has 0 amide bonds. The fourth-order valence-corrected chi connectivity index (χ4v) is 3.85. The molecule has 30 heavy (non-hydrogen) atoms. The van der Waals surface area contributed by atoms with E-state index >= 15 is 0 Å². The minimum absolute atomic E-state index is 0.0523. The van der Waals surface area contributed by atoms with E-state index in [0.29, 0.717) is 11.3 Å². The molecule has 9 nitrogen and oxygen atoms in total. The van der Waals surface area contributed by atoms with E-state index in [1.807, 2.05) is 0 Å². The zero-order chi connectivity index (χ0) is 21.8. The fraction of sp³-hybridized carbons (Fsp3) is 0.263. The Morgan fingerprint density at radius 1 is 1.33 bits per heavy atom. The van der Waals surface area contributed by atoms with Gasteiger partial charge in [-0.1, -0.05) is 18.2 Å². The van der Waals surface area contributed by atoms with Crippen molar-refractivity contribution in [3.05, 3.63) is 46.5 Å². The van der Waals surface area contributed by atoms with E-state index in [4.69, 9.17) is 15.5 Å². The number of aromatic carboxylic acids is 1. The number of aromatic nitrogens is 1. The molecule has 11 heteroatoms. The summed E-state index contributed by atoms with van der Waals surface area (Å²) in [7, 11) is -1.36. The Bertz CT molecular complexity index is 1020. The first-order valence-corrected chi connectivity index (χ1v) is 10.0. The highest BCUT2D eigenvalue weighted by Gasteiger charge is 2.38. The number of hydrogen-bond donors (Lipinski definition) is 4. The second kappa shape index (κ2) is 9.10. The third-order valence-electron chi connectivity index (χ3n) is 4.70. The van der Waals surface area contributed by atoms with Crippen molar-refractivity contribution in [2.24, 2.45) is 0 Å². The topological polar surface area (TPSA) is 160 Å². The Balaban J connectivity index is 1.81. The van der Waals surface area contributed by atoms with Crippen LogP contribution in [0.5, 0.6) is 5.75 Å². The number of aliphatic carboxylic acids is 1. The van der Waals surface area contributed by atoms with Crippen LogP contribution in [0.15, 0.2) is 29.7 Å². The number of hydrogen-bond acceptors (Lipinski definition) is 8. The summed E-state index contributed by atoms with van der Waals surface area (Å²) in [6.45, 7) is 0. The van der Waals surface area contributed by atoms with E-state index in [1.165, 1.54) is 12.1 Å². The van der Waals surface area contributed by atoms with Gasteiger partial charge in [-0.2, -0.15) is 0 Å². The van der Waals surface area contributed by atoms with Gasteiger partial charge >= 0.3 is 19.1 Å². The molecular weight excluding hydrogens is 411 g/mol. The third kappa shape index (κ3) is 4.86. The van der Waals surface area contributed by atoms with Crippen LogP contribution in [0.2, 0.25) is 5.82 Å². The highest BCUT2D eigenvalue weighted by atomic mass is 32.1. The fourth-order valence-electron chi connectivity index (χ4n) is 3.29. The zero-order valence-electron chi connectivity index (χ0n) is 15.8. The minimum Gasteiger partial charge on any atom is -0.535 e. The van der Waals surface area contributed by atoms with Crippen LogP contribution in [0, 0.1) is 0 Å². The summed E-state index contributed by atoms with van der Waals surface area (Å²) < 4.78 is 5.43. The van der Waals surface area contributed by atoms with Crippen LogP contribution >= 0.6 is 11.3 Å². The van der Waals surface area contributed by atoms with Gasteiger partial charge in [-0.05, 0) is 24.5 Å². The number of anilines is 1. The molecule has 1 aromatic heterocycles. The number of Topliss-reactive ketones (excluding diaryl/α,β-unsaturated/α-hetero) is 1. The van der Waals surface area contributed by atoms with Gasteiger partial charge in [0.25, 0.3) is 0 Å². The molecule has 156 valence electrons. The molecule has 0 aliphatic carbocycles. The third-order valence-corrected chi connectivity index (χ3v) is 5.38. The molecule has 2 aromatic rings. The van der Waals surface area contributed by atoms with Gasteiger partial charge < -0.3 is 25.6 Å². The number of para-hydroxylation sites is 1. The molecule has 3 rings (SSSR count). The minimum atomic E-state index is -1.36. The Hall–Kier alpha value is -3.18. The van der Waals surface area contributed by atoms with Gasteiger partial charge in [0.1, 0.15) is 5.75 Å². The van der Waals surface area contributed by atoms with Crippen molar-refractivity contribution in [2.75, 3.05) is 5.73 Å². The highest BCUT2D eigenvalue weighted by Crippen LogP contribution is 2.37. The first-order chi connectivity index (χ1) is 14.3. The van der Waals surface area contributed by atoms with Crippen molar-refractivity contribution < 1.29 is 34.3 Å². The number of nitrogen functional groups attached to an aromatic ring is 1. The number of rotatable bonds is 8. The number of carbonyl (C=O) groups excluding carboxylic acids is 1. The van der Waals surface area contributed by atoms with Crippen LogP contribution in [-0.4, -0.2) is 45.1 Å². The number of nitrogens with two attached hydrogens (primary N) is 1. The number of benzene rings is 1. The van der Waals surface area contributed by atoms with Crippen LogP contribution < -0.4 is 10.4 Å². The Kier molecular flexibility index (Phi) is 6.53. The average molecular weight is 430 g/mol. The number of thiazole rings is 1. The lowest BCUT2D eigenvalue weighted by Gasteiger charge is -2.28. The number of nitrogens with zero attached hydrogens (tertiary/aromatic N) is 1. The van der Waals surface area contributed by atoms with Gasteiger partial charge in [0.2, 0.25) is 0 Å². The molecule has 1 atom stereocenters. The smallest absolute Gasteiger partial charge is 0.526 e.